The molecule has 1 aromatic carbocycles. The Morgan fingerprint density at radius 1 is 1.50 bits per heavy atom. The first-order chi connectivity index (χ1) is 7.74. The van der Waals surface area contributed by atoms with E-state index in [4.69, 9.17) is 20.8 Å². The minimum atomic E-state index is -0.441. The number of oxazole rings is 1. The number of hydrogen-bond donors (Lipinski definition) is 0. The van der Waals surface area contributed by atoms with Gasteiger partial charge in [-0.2, -0.15) is 0 Å². The predicted octanol–water partition coefficient (Wildman–Crippen LogP) is 3.23. The highest BCUT2D eigenvalue weighted by Gasteiger charge is 2.09. The van der Waals surface area contributed by atoms with Gasteiger partial charge >= 0.3 is 0 Å². The first-order valence-electron chi connectivity index (χ1n) is 4.59. The Balaban J connectivity index is 2.37. The summed E-state index contributed by atoms with van der Waals surface area (Å²) in [4.78, 5) is 3.93. The second-order valence-corrected chi connectivity index (χ2v) is 3.37. The number of ether oxygens (including phenoxy) is 1. The summed E-state index contributed by atoms with van der Waals surface area (Å²) in [6.07, 6.45) is 1.51. The molecule has 3 nitrogen and oxygen atoms in total. The summed E-state index contributed by atoms with van der Waals surface area (Å²) in [6, 6.07) is 4.56. The zero-order chi connectivity index (χ0) is 11.5. The first-order valence-corrected chi connectivity index (χ1v) is 5.12. The van der Waals surface area contributed by atoms with Crippen molar-refractivity contribution in [2.75, 3.05) is 7.11 Å². The third kappa shape index (κ3) is 2.02. The summed E-state index contributed by atoms with van der Waals surface area (Å²) in [5.74, 6) is 0.841. The Kier molecular flexibility index (Phi) is 3.10. The van der Waals surface area contributed by atoms with E-state index in [-0.39, 0.29) is 11.6 Å². The Hall–Kier alpha value is -1.55. The van der Waals surface area contributed by atoms with Gasteiger partial charge in [0.2, 0.25) is 5.89 Å². The van der Waals surface area contributed by atoms with Crippen molar-refractivity contribution in [3.05, 3.63) is 36.1 Å². The van der Waals surface area contributed by atoms with Gasteiger partial charge in [-0.3, -0.25) is 0 Å². The van der Waals surface area contributed by atoms with Crippen molar-refractivity contribution in [1.29, 1.82) is 0 Å². The monoisotopic (exact) mass is 241 g/mol. The van der Waals surface area contributed by atoms with Crippen LogP contribution in [-0.2, 0) is 5.88 Å². The molecule has 0 radical (unpaired) electrons. The molecule has 0 spiro atoms. The number of rotatable bonds is 3. The van der Waals surface area contributed by atoms with E-state index >= 15 is 0 Å². The lowest BCUT2D eigenvalue weighted by Gasteiger charge is -2.02. The van der Waals surface area contributed by atoms with Crippen LogP contribution in [0, 0.1) is 5.82 Å². The Bertz CT molecular complexity index is 498. The third-order valence-corrected chi connectivity index (χ3v) is 2.33. The van der Waals surface area contributed by atoms with E-state index in [1.165, 1.54) is 25.4 Å². The SMILES string of the molecule is COc1ccc(-c2cnc(CCl)o2)cc1F. The minimum Gasteiger partial charge on any atom is -0.494 e. The van der Waals surface area contributed by atoms with Crippen molar-refractivity contribution in [2.45, 2.75) is 5.88 Å². The van der Waals surface area contributed by atoms with Crippen molar-refractivity contribution in [3.8, 4) is 17.1 Å². The Labute approximate surface area is 96.8 Å². The normalized spacial score (nSPS) is 10.4. The van der Waals surface area contributed by atoms with Crippen molar-refractivity contribution in [1.82, 2.24) is 4.98 Å². The minimum absolute atomic E-state index is 0.193. The summed E-state index contributed by atoms with van der Waals surface area (Å²) >= 11 is 5.56. The van der Waals surface area contributed by atoms with Crippen LogP contribution in [0.15, 0.2) is 28.8 Å². The summed E-state index contributed by atoms with van der Waals surface area (Å²) in [6.45, 7) is 0. The molecule has 0 atom stereocenters. The van der Waals surface area contributed by atoms with Gasteiger partial charge in [0, 0.05) is 5.56 Å². The molecule has 0 aliphatic heterocycles. The second-order valence-electron chi connectivity index (χ2n) is 3.10. The van der Waals surface area contributed by atoms with Gasteiger partial charge in [-0.25, -0.2) is 9.37 Å². The molecule has 2 aromatic rings. The second kappa shape index (κ2) is 4.53. The van der Waals surface area contributed by atoms with Crippen LogP contribution in [0.4, 0.5) is 4.39 Å². The number of halogens is 2. The van der Waals surface area contributed by atoms with Gasteiger partial charge in [-0.1, -0.05) is 0 Å². The quantitative estimate of drug-likeness (QED) is 0.774. The lowest BCUT2D eigenvalue weighted by atomic mass is 10.2. The van der Waals surface area contributed by atoms with Crippen LogP contribution in [-0.4, -0.2) is 12.1 Å². The zero-order valence-corrected chi connectivity index (χ0v) is 9.29. The number of nitrogens with zero attached hydrogens (tertiary/aromatic N) is 1. The third-order valence-electron chi connectivity index (χ3n) is 2.10. The molecule has 0 unspecified atom stereocenters. The van der Waals surface area contributed by atoms with E-state index in [1.54, 1.807) is 6.07 Å². The standard InChI is InChI=1S/C11H9ClFNO2/c1-15-9-3-2-7(4-8(9)13)10-6-14-11(5-12)16-10/h2-4,6H,5H2,1H3. The van der Waals surface area contributed by atoms with Crippen molar-refractivity contribution in [2.24, 2.45) is 0 Å². The molecule has 1 heterocycles. The Morgan fingerprint density at radius 2 is 2.31 bits per heavy atom. The van der Waals surface area contributed by atoms with Crippen molar-refractivity contribution in [3.63, 3.8) is 0 Å². The molecule has 0 N–H and O–H groups in total. The molecule has 0 aliphatic rings. The van der Waals surface area contributed by atoms with E-state index in [1.807, 2.05) is 0 Å². The molecule has 0 bridgehead atoms. The molecule has 0 aliphatic carbocycles. The van der Waals surface area contributed by atoms with E-state index in [2.05, 4.69) is 4.98 Å². The average Bonchev–Trinajstić information content (AvgIpc) is 2.77. The molecular weight excluding hydrogens is 233 g/mol. The molecule has 0 amide bonds. The molecule has 1 aromatic heterocycles. The summed E-state index contributed by atoms with van der Waals surface area (Å²) in [7, 11) is 1.41. The lowest BCUT2D eigenvalue weighted by molar-refractivity contribution is 0.386. The fourth-order valence-electron chi connectivity index (χ4n) is 1.33. The van der Waals surface area contributed by atoms with Crippen LogP contribution >= 0.6 is 11.6 Å². The maximum Gasteiger partial charge on any atom is 0.209 e. The van der Waals surface area contributed by atoms with Gasteiger partial charge in [-0.05, 0) is 18.2 Å². The molecule has 0 fully saturated rings. The summed E-state index contributed by atoms with van der Waals surface area (Å²) in [5.41, 5.74) is 0.599. The summed E-state index contributed by atoms with van der Waals surface area (Å²) < 4.78 is 23.5. The smallest absolute Gasteiger partial charge is 0.209 e. The maximum absolute atomic E-state index is 13.4. The fourth-order valence-corrected chi connectivity index (χ4v) is 1.45. The molecule has 5 heteroatoms. The number of aromatic nitrogens is 1. The van der Waals surface area contributed by atoms with Crippen LogP contribution in [0.2, 0.25) is 0 Å². The van der Waals surface area contributed by atoms with Gasteiger partial charge in [-0.15, -0.1) is 11.6 Å². The number of alkyl halides is 1. The molecule has 84 valence electrons. The number of hydrogen-bond acceptors (Lipinski definition) is 3. The van der Waals surface area contributed by atoms with Crippen LogP contribution in [0.25, 0.3) is 11.3 Å². The van der Waals surface area contributed by atoms with Gasteiger partial charge < -0.3 is 9.15 Å². The average molecular weight is 242 g/mol. The molecule has 0 saturated heterocycles. The van der Waals surface area contributed by atoms with Gasteiger partial charge in [0.1, 0.15) is 0 Å². The van der Waals surface area contributed by atoms with Gasteiger partial charge in [0.05, 0.1) is 19.2 Å². The van der Waals surface area contributed by atoms with Crippen LogP contribution in [0.5, 0.6) is 5.75 Å². The molecule has 0 saturated carbocycles. The number of methoxy groups -OCH3 is 1. The maximum atomic E-state index is 13.4. The predicted molar refractivity (Wildman–Crippen MR) is 58.0 cm³/mol. The highest BCUT2D eigenvalue weighted by Crippen LogP contribution is 2.26. The van der Waals surface area contributed by atoms with Crippen LogP contribution in [0.3, 0.4) is 0 Å². The highest BCUT2D eigenvalue weighted by atomic mass is 35.5. The van der Waals surface area contributed by atoms with E-state index < -0.39 is 5.82 Å². The molecule has 16 heavy (non-hydrogen) atoms. The number of benzene rings is 1. The zero-order valence-electron chi connectivity index (χ0n) is 8.54. The largest absolute Gasteiger partial charge is 0.494 e. The fraction of sp³-hybridized carbons (Fsp3) is 0.182. The topological polar surface area (TPSA) is 35.3 Å². The summed E-state index contributed by atoms with van der Waals surface area (Å²) in [5, 5.41) is 0. The first kappa shape index (κ1) is 11.0. The van der Waals surface area contributed by atoms with Crippen molar-refractivity contribution < 1.29 is 13.5 Å². The van der Waals surface area contributed by atoms with Crippen molar-refractivity contribution >= 4 is 11.6 Å². The molecule has 2 rings (SSSR count). The van der Waals surface area contributed by atoms with Crippen LogP contribution < -0.4 is 4.74 Å². The van der Waals surface area contributed by atoms with E-state index in [9.17, 15) is 4.39 Å². The van der Waals surface area contributed by atoms with E-state index in [0.29, 0.717) is 17.2 Å². The van der Waals surface area contributed by atoms with E-state index in [0.717, 1.165) is 0 Å². The Morgan fingerprint density at radius 3 is 2.88 bits per heavy atom. The van der Waals surface area contributed by atoms with Gasteiger partial charge in [0.25, 0.3) is 0 Å². The van der Waals surface area contributed by atoms with Gasteiger partial charge in [0.15, 0.2) is 17.3 Å². The molecular formula is C11H9ClFNO2. The lowest BCUT2D eigenvalue weighted by Crippen LogP contribution is -1.87. The van der Waals surface area contributed by atoms with Crippen LogP contribution in [0.1, 0.15) is 5.89 Å². The highest BCUT2D eigenvalue weighted by molar-refractivity contribution is 6.16.